The van der Waals surface area contributed by atoms with E-state index in [0.717, 1.165) is 52.4 Å². The van der Waals surface area contributed by atoms with Crippen LogP contribution >= 0.6 is 0 Å². The number of hydrogen-bond donors (Lipinski definition) is 1. The van der Waals surface area contributed by atoms with Gasteiger partial charge in [-0.15, -0.1) is 0 Å². The Labute approximate surface area is 272 Å². The highest BCUT2D eigenvalue weighted by atomic mass is 15.2. The number of aromatic nitrogens is 1. The zero-order valence-electron chi connectivity index (χ0n) is 25.7. The van der Waals surface area contributed by atoms with Crippen molar-refractivity contribution in [1.29, 1.82) is 0 Å². The number of aliphatic imine (C=N–C) groups is 2. The fourth-order valence-corrected chi connectivity index (χ4v) is 7.77. The lowest BCUT2D eigenvalue weighted by molar-refractivity contribution is 0.674. The first-order valence-electron chi connectivity index (χ1n) is 16.4. The van der Waals surface area contributed by atoms with Crippen LogP contribution in [-0.2, 0) is 0 Å². The molecule has 0 bridgehead atoms. The van der Waals surface area contributed by atoms with Gasteiger partial charge in [0.25, 0.3) is 0 Å². The molecule has 6 aromatic carbocycles. The predicted octanol–water partition coefficient (Wildman–Crippen LogP) is 10.0. The van der Waals surface area contributed by atoms with E-state index in [1.54, 1.807) is 0 Å². The Morgan fingerprint density at radius 1 is 0.638 bits per heavy atom. The van der Waals surface area contributed by atoms with E-state index in [4.69, 9.17) is 9.98 Å². The molecule has 7 aromatic rings. The average molecular weight is 603 g/mol. The molecule has 4 heteroatoms. The summed E-state index contributed by atoms with van der Waals surface area (Å²) in [5.74, 6) is 1.55. The fourth-order valence-electron chi connectivity index (χ4n) is 7.77. The molecule has 2 heterocycles. The molecule has 1 unspecified atom stereocenters. The minimum absolute atomic E-state index is 0.246. The van der Waals surface area contributed by atoms with Crippen molar-refractivity contribution in [1.82, 2.24) is 9.88 Å². The maximum Gasteiger partial charge on any atom is 0.159 e. The molecule has 0 saturated heterocycles. The molecular weight excluding hydrogens is 573 g/mol. The largest absolute Gasteiger partial charge is 0.344 e. The van der Waals surface area contributed by atoms with Crippen molar-refractivity contribution in [3.8, 4) is 5.69 Å². The quantitative estimate of drug-likeness (QED) is 0.214. The van der Waals surface area contributed by atoms with E-state index in [2.05, 4.69) is 131 Å². The van der Waals surface area contributed by atoms with Crippen LogP contribution in [0.4, 0.5) is 0 Å². The molecule has 222 valence electrons. The maximum atomic E-state index is 5.19. The summed E-state index contributed by atoms with van der Waals surface area (Å²) in [4.78, 5) is 10.3. The van der Waals surface area contributed by atoms with Crippen LogP contribution in [0.5, 0.6) is 0 Å². The van der Waals surface area contributed by atoms with Crippen molar-refractivity contribution in [2.45, 2.75) is 19.0 Å². The van der Waals surface area contributed by atoms with Gasteiger partial charge in [-0.2, -0.15) is 0 Å². The Morgan fingerprint density at radius 3 is 2.26 bits per heavy atom. The summed E-state index contributed by atoms with van der Waals surface area (Å²) >= 11 is 0. The second-order valence-corrected chi connectivity index (χ2v) is 12.5. The van der Waals surface area contributed by atoms with Crippen LogP contribution in [-0.4, -0.2) is 16.2 Å². The first-order chi connectivity index (χ1) is 23.3. The van der Waals surface area contributed by atoms with Crippen LogP contribution in [0.3, 0.4) is 0 Å². The third kappa shape index (κ3) is 4.01. The standard InChI is InChI=1S/C43H30N4/c1-4-13-27(14-5-1)41-44-42(28-15-6-2-7-16-28)46-43(45-41)29-23-24-34-37(25-29)47(30-17-8-3-9-18-30)38-26-36-32-20-11-10-19-31(32)33-21-12-22-35(39(33)36)40(34)38/h1-10,12-19,21-26,41H,11,20H2,(H,44,45,46). The third-order valence-corrected chi connectivity index (χ3v) is 9.85. The lowest BCUT2D eigenvalue weighted by Gasteiger charge is -2.23. The first kappa shape index (κ1) is 26.2. The number of rotatable bonds is 4. The summed E-state index contributed by atoms with van der Waals surface area (Å²) in [5.41, 5.74) is 12.3. The molecule has 0 spiro atoms. The van der Waals surface area contributed by atoms with Crippen molar-refractivity contribution in [3.05, 3.63) is 173 Å². The Kier molecular flexibility index (Phi) is 5.73. The number of amidine groups is 2. The van der Waals surface area contributed by atoms with Crippen molar-refractivity contribution >= 4 is 55.4 Å². The molecule has 3 aliphatic rings. The van der Waals surface area contributed by atoms with E-state index in [9.17, 15) is 0 Å². The number of fused-ring (bicyclic) bond motifs is 6. The number of hydrogen-bond acceptors (Lipinski definition) is 3. The monoisotopic (exact) mass is 602 g/mol. The van der Waals surface area contributed by atoms with E-state index in [0.29, 0.717) is 0 Å². The van der Waals surface area contributed by atoms with Gasteiger partial charge in [-0.05, 0) is 75.7 Å². The smallest absolute Gasteiger partial charge is 0.159 e. The molecular formula is C43H30N4. The highest BCUT2D eigenvalue weighted by molar-refractivity contribution is 6.29. The third-order valence-electron chi connectivity index (χ3n) is 9.85. The van der Waals surface area contributed by atoms with E-state index in [1.165, 1.54) is 49.3 Å². The number of nitrogens with zero attached hydrogens (tertiary/aromatic N) is 3. The first-order valence-corrected chi connectivity index (χ1v) is 16.4. The highest BCUT2D eigenvalue weighted by Crippen LogP contribution is 2.50. The topological polar surface area (TPSA) is 41.7 Å². The summed E-state index contributed by atoms with van der Waals surface area (Å²) in [7, 11) is 0. The summed E-state index contributed by atoms with van der Waals surface area (Å²) in [6.07, 6.45) is 6.57. The molecule has 2 aliphatic carbocycles. The van der Waals surface area contributed by atoms with E-state index >= 15 is 0 Å². The van der Waals surface area contributed by atoms with Gasteiger partial charge in [0.2, 0.25) is 0 Å². The van der Waals surface area contributed by atoms with Crippen LogP contribution in [0.1, 0.15) is 46.8 Å². The van der Waals surface area contributed by atoms with Gasteiger partial charge in [0, 0.05) is 27.6 Å². The number of allylic oxidation sites excluding steroid dienone is 4. The molecule has 0 fully saturated rings. The number of para-hydroxylation sites is 1. The minimum atomic E-state index is -0.246. The summed E-state index contributed by atoms with van der Waals surface area (Å²) in [6, 6.07) is 47.5. The average Bonchev–Trinajstić information content (AvgIpc) is 3.66. The van der Waals surface area contributed by atoms with Crippen LogP contribution in [0.15, 0.2) is 156 Å². The number of benzene rings is 6. The SMILES string of the molecule is C1=CC2=C(CC1)c1cc3c(c4cccc2c14)c1ccc(C2=NC(c4ccccc4)NC(c4ccccc4)=N2)cc1n3-c1ccccc1. The fraction of sp³-hybridized carbons (Fsp3) is 0.0698. The Balaban J connectivity index is 1.24. The van der Waals surface area contributed by atoms with Crippen LogP contribution in [0.25, 0.3) is 49.4 Å². The highest BCUT2D eigenvalue weighted by Gasteiger charge is 2.28. The summed E-state index contributed by atoms with van der Waals surface area (Å²) < 4.78 is 2.44. The summed E-state index contributed by atoms with van der Waals surface area (Å²) in [6.45, 7) is 0. The van der Waals surface area contributed by atoms with Gasteiger partial charge in [-0.25, -0.2) is 9.98 Å². The van der Waals surface area contributed by atoms with Gasteiger partial charge in [0.05, 0.1) is 11.0 Å². The zero-order chi connectivity index (χ0) is 30.9. The van der Waals surface area contributed by atoms with Gasteiger partial charge in [0.1, 0.15) is 12.0 Å². The van der Waals surface area contributed by atoms with Gasteiger partial charge in [0.15, 0.2) is 5.84 Å². The van der Waals surface area contributed by atoms with E-state index in [1.807, 2.05) is 24.3 Å². The van der Waals surface area contributed by atoms with E-state index in [-0.39, 0.29) is 6.17 Å². The second-order valence-electron chi connectivity index (χ2n) is 12.5. The van der Waals surface area contributed by atoms with E-state index < -0.39 is 0 Å². The predicted molar refractivity (Wildman–Crippen MR) is 195 cm³/mol. The molecule has 1 aromatic heterocycles. The summed E-state index contributed by atoms with van der Waals surface area (Å²) in [5, 5.41) is 8.82. The molecule has 0 amide bonds. The van der Waals surface area contributed by atoms with Crippen LogP contribution in [0, 0.1) is 0 Å². The lowest BCUT2D eigenvalue weighted by Crippen LogP contribution is -2.33. The molecule has 10 rings (SSSR count). The van der Waals surface area contributed by atoms with Crippen LogP contribution in [0.2, 0.25) is 0 Å². The molecule has 1 aliphatic heterocycles. The van der Waals surface area contributed by atoms with Gasteiger partial charge in [-0.1, -0.05) is 121 Å². The van der Waals surface area contributed by atoms with Crippen molar-refractivity contribution < 1.29 is 0 Å². The van der Waals surface area contributed by atoms with Crippen molar-refractivity contribution in [3.63, 3.8) is 0 Å². The van der Waals surface area contributed by atoms with Gasteiger partial charge in [-0.3, -0.25) is 0 Å². The molecule has 0 saturated carbocycles. The Bertz CT molecular complexity index is 2520. The normalized spacial score (nSPS) is 16.8. The van der Waals surface area contributed by atoms with Gasteiger partial charge >= 0.3 is 0 Å². The molecule has 1 N–H and O–H groups in total. The molecule has 1 atom stereocenters. The lowest BCUT2D eigenvalue weighted by atomic mass is 9.95. The van der Waals surface area contributed by atoms with Crippen molar-refractivity contribution in [2.75, 3.05) is 0 Å². The second kappa shape index (κ2) is 10.3. The minimum Gasteiger partial charge on any atom is -0.344 e. The maximum absolute atomic E-state index is 5.19. The molecule has 47 heavy (non-hydrogen) atoms. The Morgan fingerprint density at radius 2 is 1.43 bits per heavy atom. The Hall–Kier alpha value is -6.00. The van der Waals surface area contributed by atoms with Crippen molar-refractivity contribution in [2.24, 2.45) is 9.98 Å². The van der Waals surface area contributed by atoms with Gasteiger partial charge < -0.3 is 9.88 Å². The number of nitrogens with one attached hydrogen (secondary N) is 1. The van der Waals surface area contributed by atoms with Crippen LogP contribution < -0.4 is 5.32 Å². The molecule has 0 radical (unpaired) electrons. The zero-order valence-corrected chi connectivity index (χ0v) is 25.7. The molecule has 4 nitrogen and oxygen atoms in total.